The second-order valence-corrected chi connectivity index (χ2v) is 7.97. The molecule has 1 atom stereocenters. The number of aliphatic hydroxyl groups is 1. The Bertz CT molecular complexity index is 606. The highest BCUT2D eigenvalue weighted by molar-refractivity contribution is 5.67. The summed E-state index contributed by atoms with van der Waals surface area (Å²) in [5.41, 5.74) is -0.125. The molecule has 5 heteroatoms. The summed E-state index contributed by atoms with van der Waals surface area (Å²) in [5.74, 6) is 1.26. The molecule has 1 aromatic rings. The molecule has 5 nitrogen and oxygen atoms in total. The lowest BCUT2D eigenvalue weighted by Gasteiger charge is -2.22. The van der Waals surface area contributed by atoms with Gasteiger partial charge in [0.1, 0.15) is 11.4 Å². The summed E-state index contributed by atoms with van der Waals surface area (Å²) in [7, 11) is 0. The summed E-state index contributed by atoms with van der Waals surface area (Å²) in [5, 5.41) is 13.1. The SMILES string of the molecule is [2H]C(O)(CCNC(=O)OC(C)(C)C)c1cccc(OCC2CCCCC2)c1. The fraction of sp³-hybridized carbons (Fsp3) is 0.667. The van der Waals surface area contributed by atoms with Crippen LogP contribution in [0.5, 0.6) is 5.75 Å². The van der Waals surface area contributed by atoms with Gasteiger partial charge in [-0.1, -0.05) is 31.4 Å². The minimum Gasteiger partial charge on any atom is -0.493 e. The van der Waals surface area contributed by atoms with Crippen LogP contribution in [0.25, 0.3) is 0 Å². The molecule has 2 N–H and O–H groups in total. The van der Waals surface area contributed by atoms with Crippen LogP contribution in [0.3, 0.4) is 0 Å². The maximum absolute atomic E-state index is 11.7. The number of hydrogen-bond donors (Lipinski definition) is 2. The predicted molar refractivity (Wildman–Crippen MR) is 102 cm³/mol. The van der Waals surface area contributed by atoms with Crippen molar-refractivity contribution in [2.45, 2.75) is 71.0 Å². The Labute approximate surface area is 158 Å². The molecular weight excluding hydrogens is 330 g/mol. The molecule has 1 fully saturated rings. The molecule has 1 amide bonds. The summed E-state index contributed by atoms with van der Waals surface area (Å²) in [6.07, 6.45) is 3.96. The van der Waals surface area contributed by atoms with E-state index in [2.05, 4.69) is 5.32 Å². The first-order valence-corrected chi connectivity index (χ1v) is 9.58. The van der Waals surface area contributed by atoms with Crippen LogP contribution in [0.1, 0.15) is 72.3 Å². The van der Waals surface area contributed by atoms with E-state index in [1.54, 1.807) is 39.0 Å². The second kappa shape index (κ2) is 9.81. The van der Waals surface area contributed by atoms with Crippen LogP contribution in [0.2, 0.25) is 0 Å². The van der Waals surface area contributed by atoms with Crippen molar-refractivity contribution in [3.63, 3.8) is 0 Å². The zero-order valence-electron chi connectivity index (χ0n) is 17.2. The lowest BCUT2D eigenvalue weighted by molar-refractivity contribution is 0.0518. The molecule has 146 valence electrons. The van der Waals surface area contributed by atoms with Crippen LogP contribution in [0.4, 0.5) is 4.79 Å². The fourth-order valence-electron chi connectivity index (χ4n) is 3.07. The maximum Gasteiger partial charge on any atom is 0.407 e. The van der Waals surface area contributed by atoms with Gasteiger partial charge in [0.05, 0.1) is 14.1 Å². The molecular formula is C21H33NO4. The van der Waals surface area contributed by atoms with Crippen LogP contribution in [-0.2, 0) is 4.74 Å². The zero-order valence-corrected chi connectivity index (χ0v) is 16.2. The van der Waals surface area contributed by atoms with Gasteiger partial charge in [-0.3, -0.25) is 0 Å². The molecule has 0 bridgehead atoms. The number of rotatable bonds is 7. The molecule has 0 saturated heterocycles. The van der Waals surface area contributed by atoms with Crippen LogP contribution < -0.4 is 10.1 Å². The van der Waals surface area contributed by atoms with Crippen molar-refractivity contribution >= 4 is 6.09 Å². The number of amides is 1. The molecule has 0 spiro atoms. The number of ether oxygens (including phenoxy) is 2. The first kappa shape index (κ1) is 19.0. The van der Waals surface area contributed by atoms with Gasteiger partial charge in [0.2, 0.25) is 0 Å². The topological polar surface area (TPSA) is 67.8 Å². The average molecular weight is 365 g/mol. The van der Waals surface area contributed by atoms with Gasteiger partial charge >= 0.3 is 6.09 Å². The van der Waals surface area contributed by atoms with Crippen LogP contribution >= 0.6 is 0 Å². The summed E-state index contributed by atoms with van der Waals surface area (Å²) in [4.78, 5) is 11.7. The van der Waals surface area contributed by atoms with Crippen LogP contribution in [0, 0.1) is 5.92 Å². The molecule has 1 aliphatic carbocycles. The molecule has 1 unspecified atom stereocenters. The molecule has 0 radical (unpaired) electrons. The first-order chi connectivity index (χ1) is 12.7. The van der Waals surface area contributed by atoms with Gasteiger partial charge in [0.25, 0.3) is 0 Å². The molecule has 2 rings (SSSR count). The van der Waals surface area contributed by atoms with Crippen LogP contribution in [0.15, 0.2) is 24.3 Å². The standard InChI is InChI=1S/C21H33NO4/c1-21(2,3)26-20(24)22-13-12-19(23)17-10-7-11-18(14-17)25-15-16-8-5-4-6-9-16/h7,10-11,14,16,19,23H,4-6,8-9,12-13,15H2,1-3H3,(H,22,24)/i19D. The minimum atomic E-state index is -1.81. The monoisotopic (exact) mass is 364 g/mol. The number of alkyl carbamates (subject to hydrolysis) is 1. The van der Waals surface area contributed by atoms with Crippen LogP contribution in [-0.4, -0.2) is 30.0 Å². The Morgan fingerprint density at radius 2 is 2.08 bits per heavy atom. The zero-order chi connectivity index (χ0) is 19.9. The number of benzene rings is 1. The lowest BCUT2D eigenvalue weighted by Crippen LogP contribution is -2.33. The molecule has 26 heavy (non-hydrogen) atoms. The van der Waals surface area contributed by atoms with E-state index in [4.69, 9.17) is 10.8 Å². The molecule has 0 aliphatic heterocycles. The fourth-order valence-corrected chi connectivity index (χ4v) is 3.07. The number of carbonyl (C=O) groups is 1. The van der Waals surface area contributed by atoms with Crippen molar-refractivity contribution in [3.05, 3.63) is 29.8 Å². The molecule has 1 aliphatic rings. The maximum atomic E-state index is 11.7. The number of nitrogens with one attached hydrogen (secondary N) is 1. The predicted octanol–water partition coefficient (Wildman–Crippen LogP) is 4.59. The average Bonchev–Trinajstić information content (AvgIpc) is 2.59. The van der Waals surface area contributed by atoms with Gasteiger partial charge in [-0.2, -0.15) is 0 Å². The summed E-state index contributed by atoms with van der Waals surface area (Å²) in [6, 6.07) is 7.05. The van der Waals surface area contributed by atoms with Crippen molar-refractivity contribution < 1.29 is 20.7 Å². The third kappa shape index (κ3) is 7.65. The normalized spacial score (nSPS) is 18.5. The molecule has 1 saturated carbocycles. The summed E-state index contributed by atoms with van der Waals surface area (Å²) in [6.45, 7) is 6.17. The molecule has 1 aromatic carbocycles. The van der Waals surface area contributed by atoms with E-state index in [0.717, 1.165) is 0 Å². The lowest BCUT2D eigenvalue weighted by atomic mass is 9.90. The Hall–Kier alpha value is -1.75. The number of hydrogen-bond acceptors (Lipinski definition) is 4. The first-order valence-electron chi connectivity index (χ1n) is 10.1. The van der Waals surface area contributed by atoms with E-state index in [1.807, 2.05) is 6.07 Å². The van der Waals surface area contributed by atoms with E-state index in [-0.39, 0.29) is 13.0 Å². The van der Waals surface area contributed by atoms with Gasteiger partial charge < -0.3 is 19.9 Å². The largest absolute Gasteiger partial charge is 0.493 e. The van der Waals surface area contributed by atoms with Gasteiger partial charge in [0, 0.05) is 6.54 Å². The molecule has 0 heterocycles. The Balaban J connectivity index is 1.84. The highest BCUT2D eigenvalue weighted by Crippen LogP contribution is 2.26. The van der Waals surface area contributed by atoms with E-state index in [9.17, 15) is 9.90 Å². The van der Waals surface area contributed by atoms with Gasteiger partial charge in [-0.05, 0) is 63.6 Å². The third-order valence-electron chi connectivity index (χ3n) is 4.41. The minimum absolute atomic E-state index is 0.0539. The van der Waals surface area contributed by atoms with E-state index in [1.165, 1.54) is 32.1 Å². The van der Waals surface area contributed by atoms with Crippen molar-refractivity contribution in [1.29, 1.82) is 0 Å². The quantitative estimate of drug-likeness (QED) is 0.742. The Morgan fingerprint density at radius 1 is 1.35 bits per heavy atom. The van der Waals surface area contributed by atoms with E-state index < -0.39 is 17.8 Å². The Kier molecular flexibility index (Phi) is 7.18. The van der Waals surface area contributed by atoms with Crippen molar-refractivity contribution in [2.24, 2.45) is 5.92 Å². The highest BCUT2D eigenvalue weighted by atomic mass is 16.6. The Morgan fingerprint density at radius 3 is 2.77 bits per heavy atom. The highest BCUT2D eigenvalue weighted by Gasteiger charge is 2.17. The van der Waals surface area contributed by atoms with Crippen molar-refractivity contribution in [2.75, 3.05) is 13.2 Å². The van der Waals surface area contributed by atoms with Gasteiger partial charge in [-0.25, -0.2) is 4.79 Å². The molecule has 0 aromatic heterocycles. The second-order valence-electron chi connectivity index (χ2n) is 7.97. The van der Waals surface area contributed by atoms with E-state index >= 15 is 0 Å². The van der Waals surface area contributed by atoms with Crippen molar-refractivity contribution in [1.82, 2.24) is 5.32 Å². The summed E-state index contributed by atoms with van der Waals surface area (Å²) < 4.78 is 19.3. The third-order valence-corrected chi connectivity index (χ3v) is 4.41. The van der Waals surface area contributed by atoms with Gasteiger partial charge in [0.15, 0.2) is 0 Å². The number of carbonyl (C=O) groups excluding carboxylic acids is 1. The summed E-state index contributed by atoms with van der Waals surface area (Å²) >= 11 is 0. The van der Waals surface area contributed by atoms with E-state index in [0.29, 0.717) is 23.8 Å². The van der Waals surface area contributed by atoms with Gasteiger partial charge in [-0.15, -0.1) is 0 Å². The van der Waals surface area contributed by atoms with Crippen molar-refractivity contribution in [3.8, 4) is 5.75 Å². The smallest absolute Gasteiger partial charge is 0.407 e.